The van der Waals surface area contributed by atoms with Gasteiger partial charge in [0.25, 0.3) is 6.43 Å². The highest BCUT2D eigenvalue weighted by molar-refractivity contribution is 6.22. The van der Waals surface area contributed by atoms with E-state index in [0.29, 0.717) is 4.68 Å². The van der Waals surface area contributed by atoms with Gasteiger partial charge < -0.3 is 4.74 Å². The van der Waals surface area contributed by atoms with Gasteiger partial charge in [0.05, 0.1) is 5.69 Å². The highest BCUT2D eigenvalue weighted by Gasteiger charge is 2.42. The number of hydrogen-bond acceptors (Lipinski definition) is 3. The highest BCUT2D eigenvalue weighted by atomic mass is 35.5. The minimum Gasteiger partial charge on any atom is -0.422 e. The number of halogens is 5. The van der Waals surface area contributed by atoms with Crippen molar-refractivity contribution in [2.75, 3.05) is 0 Å². The molecule has 9 heteroatoms. The van der Waals surface area contributed by atoms with Crippen LogP contribution in [0.25, 0.3) is 5.69 Å². The summed E-state index contributed by atoms with van der Waals surface area (Å²) in [5.41, 5.74) is -2.13. The predicted molar refractivity (Wildman–Crippen MR) is 74.2 cm³/mol. The van der Waals surface area contributed by atoms with E-state index in [9.17, 15) is 22.4 Å². The Bertz CT molecular complexity index is 699. The van der Waals surface area contributed by atoms with Crippen molar-refractivity contribution in [3.63, 3.8) is 0 Å². The van der Waals surface area contributed by atoms with Crippen molar-refractivity contribution < 1.29 is 27.1 Å². The number of benzene rings is 1. The van der Waals surface area contributed by atoms with E-state index >= 15 is 0 Å². The van der Waals surface area contributed by atoms with Gasteiger partial charge in [0.1, 0.15) is 0 Å². The van der Waals surface area contributed by atoms with E-state index in [1.165, 1.54) is 31.2 Å². The Balaban J connectivity index is 2.72. The van der Waals surface area contributed by atoms with E-state index in [0.717, 1.165) is 0 Å². The molecular weight excluding hydrogens is 340 g/mol. The summed E-state index contributed by atoms with van der Waals surface area (Å²) < 4.78 is 59.0. The zero-order valence-corrected chi connectivity index (χ0v) is 12.5. The van der Waals surface area contributed by atoms with Gasteiger partial charge in [-0.25, -0.2) is 13.5 Å². The van der Waals surface area contributed by atoms with E-state index in [4.69, 9.17) is 11.6 Å². The van der Waals surface area contributed by atoms with Crippen LogP contribution in [0.4, 0.5) is 17.6 Å². The molecule has 0 N–H and O–H groups in total. The van der Waals surface area contributed by atoms with E-state index < -0.39 is 34.9 Å². The molecule has 1 aromatic heterocycles. The number of ether oxygens (including phenoxy) is 1. The van der Waals surface area contributed by atoms with Gasteiger partial charge in [-0.15, -0.1) is 0 Å². The third-order valence-corrected chi connectivity index (χ3v) is 3.03. The van der Waals surface area contributed by atoms with Gasteiger partial charge in [0, 0.05) is 6.42 Å². The summed E-state index contributed by atoms with van der Waals surface area (Å²) in [7, 11) is 0. The van der Waals surface area contributed by atoms with Gasteiger partial charge in [-0.3, -0.25) is 4.79 Å². The van der Waals surface area contributed by atoms with Gasteiger partial charge >= 0.3 is 11.4 Å². The maximum Gasteiger partial charge on any atom is 0.368 e. The van der Waals surface area contributed by atoms with Crippen molar-refractivity contribution in [1.29, 1.82) is 0 Å². The fourth-order valence-electron chi connectivity index (χ4n) is 1.85. The average molecular weight is 351 g/mol. The number of para-hydroxylation sites is 1. The van der Waals surface area contributed by atoms with E-state index in [1.54, 1.807) is 6.07 Å². The van der Waals surface area contributed by atoms with E-state index in [-0.39, 0.29) is 12.1 Å². The number of nitrogens with zero attached hydrogens (tertiary/aromatic N) is 2. The molecule has 0 aliphatic heterocycles. The first-order valence-corrected chi connectivity index (χ1v) is 6.87. The van der Waals surface area contributed by atoms with Crippen molar-refractivity contribution in [3.8, 4) is 11.4 Å². The lowest BCUT2D eigenvalue weighted by molar-refractivity contribution is -0.134. The summed E-state index contributed by atoms with van der Waals surface area (Å²) in [6.07, 6.45) is -3.41. The fraction of sp³-hybridized carbons (Fsp3) is 0.286. The summed E-state index contributed by atoms with van der Waals surface area (Å²) in [6.45, 7) is 1.39. The third kappa shape index (κ3) is 3.64. The molecule has 0 saturated heterocycles. The molecule has 0 aliphatic rings. The van der Waals surface area contributed by atoms with E-state index in [2.05, 4.69) is 9.84 Å². The zero-order chi connectivity index (χ0) is 17.2. The summed E-state index contributed by atoms with van der Waals surface area (Å²) in [5.74, 6) is -1.97. The molecule has 0 fully saturated rings. The summed E-state index contributed by atoms with van der Waals surface area (Å²) in [5, 5.41) is -0.611. The standard InChI is InChI=1S/C14H11ClF4N2O2/c1-2-9(22)23-11-10(13(16)17)20-21(12(11)14(15,18)19)8-6-4-3-5-7-8/h3-7,13H,2H2,1H3. The molecule has 0 amide bonds. The molecule has 1 heterocycles. The summed E-state index contributed by atoms with van der Waals surface area (Å²) in [4.78, 5) is 11.4. The van der Waals surface area contributed by atoms with Crippen LogP contribution in [0.5, 0.6) is 5.75 Å². The summed E-state index contributed by atoms with van der Waals surface area (Å²) >= 11 is 5.03. The maximum atomic E-state index is 13.8. The molecule has 2 rings (SSSR count). The number of carbonyl (C=O) groups is 1. The van der Waals surface area contributed by atoms with E-state index in [1.807, 2.05) is 0 Å². The number of alkyl halides is 5. The molecule has 124 valence electrons. The largest absolute Gasteiger partial charge is 0.422 e. The molecule has 1 aromatic carbocycles. The Morgan fingerprint density at radius 2 is 1.96 bits per heavy atom. The molecule has 0 unspecified atom stereocenters. The Kier molecular flexibility index (Phi) is 4.93. The Morgan fingerprint density at radius 1 is 1.35 bits per heavy atom. The number of carbonyl (C=O) groups excluding carboxylic acids is 1. The lowest BCUT2D eigenvalue weighted by atomic mass is 10.3. The zero-order valence-electron chi connectivity index (χ0n) is 11.8. The van der Waals surface area contributed by atoms with Crippen LogP contribution >= 0.6 is 11.6 Å². The smallest absolute Gasteiger partial charge is 0.368 e. The van der Waals surface area contributed by atoms with Crippen LogP contribution in [-0.2, 0) is 10.2 Å². The van der Waals surface area contributed by atoms with Crippen molar-refractivity contribution in [1.82, 2.24) is 9.78 Å². The van der Waals surface area contributed by atoms with Crippen LogP contribution < -0.4 is 4.74 Å². The van der Waals surface area contributed by atoms with Crippen LogP contribution in [-0.4, -0.2) is 15.7 Å². The second kappa shape index (κ2) is 6.57. The minimum atomic E-state index is -4.07. The van der Waals surface area contributed by atoms with Gasteiger partial charge in [-0.1, -0.05) is 25.1 Å². The van der Waals surface area contributed by atoms with Crippen molar-refractivity contribution in [2.45, 2.75) is 25.2 Å². The topological polar surface area (TPSA) is 44.1 Å². The Hall–Kier alpha value is -2.09. The number of rotatable bonds is 5. The first-order valence-electron chi connectivity index (χ1n) is 6.50. The van der Waals surface area contributed by atoms with Crippen LogP contribution in [0, 0.1) is 0 Å². The highest BCUT2D eigenvalue weighted by Crippen LogP contribution is 2.44. The second-order valence-electron chi connectivity index (χ2n) is 4.44. The van der Waals surface area contributed by atoms with Gasteiger partial charge in [0.15, 0.2) is 17.1 Å². The molecule has 23 heavy (non-hydrogen) atoms. The SMILES string of the molecule is CCC(=O)Oc1c(C(F)F)nn(-c2ccccc2)c1C(F)(F)Cl. The van der Waals surface area contributed by atoms with Crippen LogP contribution in [0.2, 0.25) is 0 Å². The molecular formula is C14H11ClF4N2O2. The van der Waals surface area contributed by atoms with Gasteiger partial charge in [0.2, 0.25) is 0 Å². The average Bonchev–Trinajstić information content (AvgIpc) is 2.87. The van der Waals surface area contributed by atoms with Crippen LogP contribution in [0.3, 0.4) is 0 Å². The molecule has 4 nitrogen and oxygen atoms in total. The third-order valence-electron chi connectivity index (χ3n) is 2.85. The molecule has 0 bridgehead atoms. The molecule has 0 saturated carbocycles. The maximum absolute atomic E-state index is 13.8. The first kappa shape index (κ1) is 17.3. The van der Waals surface area contributed by atoms with Crippen molar-refractivity contribution >= 4 is 17.6 Å². The predicted octanol–water partition coefficient (Wildman–Crippen LogP) is 4.41. The minimum absolute atomic E-state index is 0.0727. The lowest BCUT2D eigenvalue weighted by Gasteiger charge is -2.13. The fourth-order valence-corrected chi connectivity index (χ4v) is 2.02. The normalized spacial score (nSPS) is 11.8. The quantitative estimate of drug-likeness (QED) is 0.455. The van der Waals surface area contributed by atoms with Crippen LogP contribution in [0.1, 0.15) is 31.2 Å². The monoisotopic (exact) mass is 350 g/mol. The second-order valence-corrected chi connectivity index (χ2v) is 4.91. The molecule has 0 atom stereocenters. The Labute approximate surface area is 133 Å². The first-order chi connectivity index (χ1) is 10.8. The Morgan fingerprint density at radius 3 is 2.43 bits per heavy atom. The molecule has 2 aromatic rings. The van der Waals surface area contributed by atoms with Gasteiger partial charge in [-0.2, -0.15) is 13.9 Å². The number of aromatic nitrogens is 2. The molecule has 0 radical (unpaired) electrons. The summed E-state index contributed by atoms with van der Waals surface area (Å²) in [6, 6.07) is 7.37. The molecule has 0 spiro atoms. The van der Waals surface area contributed by atoms with Crippen molar-refractivity contribution in [3.05, 3.63) is 41.7 Å². The molecule has 0 aliphatic carbocycles. The lowest BCUT2D eigenvalue weighted by Crippen LogP contribution is -2.15. The van der Waals surface area contributed by atoms with Crippen molar-refractivity contribution in [2.24, 2.45) is 0 Å². The number of hydrogen-bond donors (Lipinski definition) is 0. The van der Waals surface area contributed by atoms with Gasteiger partial charge in [-0.05, 0) is 23.7 Å². The van der Waals surface area contributed by atoms with Crippen LogP contribution in [0.15, 0.2) is 30.3 Å². The number of esters is 1.